The molecule has 0 aliphatic heterocycles. The van der Waals surface area contributed by atoms with Crippen LogP contribution in [0.5, 0.6) is 0 Å². The van der Waals surface area contributed by atoms with Crippen LogP contribution in [0, 0.1) is 0 Å². The quantitative estimate of drug-likeness (QED) is 0.361. The van der Waals surface area contributed by atoms with Gasteiger partial charge in [0.05, 0.1) is 6.10 Å². The lowest BCUT2D eigenvalue weighted by Gasteiger charge is -2.10. The van der Waals surface area contributed by atoms with Crippen molar-refractivity contribution in [3.05, 3.63) is 0 Å². The first-order valence-electron chi connectivity index (χ1n) is 3.89. The molecule has 0 aliphatic carbocycles. The summed E-state index contributed by atoms with van der Waals surface area (Å²) in [5, 5.41) is 0. The van der Waals surface area contributed by atoms with Crippen molar-refractivity contribution in [3.63, 3.8) is 0 Å². The van der Waals surface area contributed by atoms with Crippen LogP contribution in [-0.2, 0) is 14.3 Å². The molecule has 4 heteroatoms. The molecule has 12 heavy (non-hydrogen) atoms. The zero-order valence-electron chi connectivity index (χ0n) is 7.53. The van der Waals surface area contributed by atoms with Gasteiger partial charge in [-0.15, -0.1) is 0 Å². The molecule has 0 spiro atoms. The lowest BCUT2D eigenvalue weighted by Crippen LogP contribution is -2.23. The van der Waals surface area contributed by atoms with Gasteiger partial charge in [-0.3, -0.25) is 0 Å². The van der Waals surface area contributed by atoms with Crippen LogP contribution < -0.4 is 0 Å². The largest absolute Gasteiger partial charge is 0.461 e. The van der Waals surface area contributed by atoms with E-state index in [9.17, 15) is 9.59 Å². The molecule has 1 atom stereocenters. The lowest BCUT2D eigenvalue weighted by molar-refractivity contribution is -0.148. The first-order valence-corrected chi connectivity index (χ1v) is 3.89. The first-order chi connectivity index (χ1) is 5.61. The number of rotatable bonds is 4. The van der Waals surface area contributed by atoms with Crippen LogP contribution in [0.4, 0.5) is 0 Å². The molecule has 4 nitrogen and oxygen atoms in total. The molecule has 0 fully saturated rings. The van der Waals surface area contributed by atoms with Crippen LogP contribution in [0.15, 0.2) is 4.99 Å². The van der Waals surface area contributed by atoms with E-state index >= 15 is 0 Å². The van der Waals surface area contributed by atoms with Gasteiger partial charge in [0.25, 0.3) is 0 Å². The number of hydrogen-bond donors (Lipinski definition) is 0. The highest BCUT2D eigenvalue weighted by molar-refractivity contribution is 5.76. The molecule has 0 saturated carbocycles. The van der Waals surface area contributed by atoms with Crippen LogP contribution in [0.1, 0.15) is 27.2 Å². The zero-order valence-corrected chi connectivity index (χ0v) is 7.53. The van der Waals surface area contributed by atoms with Crippen molar-refractivity contribution < 1.29 is 14.3 Å². The van der Waals surface area contributed by atoms with Crippen LogP contribution in [0.25, 0.3) is 0 Å². The molecule has 0 aromatic carbocycles. The number of esters is 1. The average Bonchev–Trinajstić information content (AvgIpc) is 1.98. The second kappa shape index (κ2) is 5.49. The van der Waals surface area contributed by atoms with E-state index in [4.69, 9.17) is 4.74 Å². The Balaban J connectivity index is 4.12. The summed E-state index contributed by atoms with van der Waals surface area (Å²) in [6.07, 6.45) is 1.63. The maximum absolute atomic E-state index is 11.1. The van der Waals surface area contributed by atoms with Crippen molar-refractivity contribution in [2.24, 2.45) is 4.99 Å². The topological polar surface area (TPSA) is 55.7 Å². The summed E-state index contributed by atoms with van der Waals surface area (Å²) >= 11 is 0. The Morgan fingerprint density at radius 1 is 1.58 bits per heavy atom. The Morgan fingerprint density at radius 2 is 2.17 bits per heavy atom. The predicted octanol–water partition coefficient (Wildman–Crippen LogP) is 1.05. The Labute approximate surface area is 71.6 Å². The van der Waals surface area contributed by atoms with Gasteiger partial charge in [0.1, 0.15) is 0 Å². The number of nitrogens with zero attached hydrogens (tertiary/aromatic N) is 1. The van der Waals surface area contributed by atoms with Crippen molar-refractivity contribution in [2.75, 3.05) is 0 Å². The number of ether oxygens (including phenoxy) is 1. The molecule has 0 aromatic heterocycles. The molecule has 0 N–H and O–H groups in total. The van der Waals surface area contributed by atoms with E-state index in [0.29, 0.717) is 6.42 Å². The third-order valence-corrected chi connectivity index (χ3v) is 1.22. The Bertz CT molecular complexity index is 194. The van der Waals surface area contributed by atoms with Gasteiger partial charge in [0.15, 0.2) is 6.04 Å². The summed E-state index contributed by atoms with van der Waals surface area (Å²) in [7, 11) is 0. The van der Waals surface area contributed by atoms with E-state index in [-0.39, 0.29) is 6.10 Å². The third-order valence-electron chi connectivity index (χ3n) is 1.22. The van der Waals surface area contributed by atoms with Gasteiger partial charge in [-0.05, 0) is 20.3 Å². The molecular weight excluding hydrogens is 158 g/mol. The van der Waals surface area contributed by atoms with Gasteiger partial charge >= 0.3 is 5.97 Å². The fourth-order valence-corrected chi connectivity index (χ4v) is 0.685. The maximum atomic E-state index is 11.1. The molecular formula is C8H13NO3. The van der Waals surface area contributed by atoms with Crippen molar-refractivity contribution in [2.45, 2.75) is 39.3 Å². The van der Waals surface area contributed by atoms with Gasteiger partial charge in [-0.2, -0.15) is 4.99 Å². The number of isocyanates is 1. The molecule has 0 saturated heterocycles. The number of aliphatic imine (C=N–C) groups is 1. The summed E-state index contributed by atoms with van der Waals surface area (Å²) < 4.78 is 4.84. The number of carbonyl (C=O) groups is 1. The van der Waals surface area contributed by atoms with E-state index in [1.165, 1.54) is 6.08 Å². The summed E-state index contributed by atoms with van der Waals surface area (Å²) in [6, 6.07) is -0.690. The van der Waals surface area contributed by atoms with E-state index in [0.717, 1.165) is 0 Å². The van der Waals surface area contributed by atoms with Gasteiger partial charge in [-0.25, -0.2) is 9.59 Å². The number of hydrogen-bond acceptors (Lipinski definition) is 4. The SMILES string of the molecule is CCC(N=C=O)C(=O)OC(C)C. The predicted molar refractivity (Wildman–Crippen MR) is 43.4 cm³/mol. The maximum Gasteiger partial charge on any atom is 0.332 e. The highest BCUT2D eigenvalue weighted by atomic mass is 16.5. The summed E-state index contributed by atoms with van der Waals surface area (Å²) in [6.45, 7) is 5.25. The average molecular weight is 171 g/mol. The van der Waals surface area contributed by atoms with Crippen LogP contribution in [0.3, 0.4) is 0 Å². The monoisotopic (exact) mass is 171 g/mol. The van der Waals surface area contributed by atoms with Crippen molar-refractivity contribution in [3.8, 4) is 0 Å². The van der Waals surface area contributed by atoms with Crippen LogP contribution >= 0.6 is 0 Å². The first kappa shape index (κ1) is 10.8. The third kappa shape index (κ3) is 3.88. The van der Waals surface area contributed by atoms with Gasteiger partial charge in [-0.1, -0.05) is 6.92 Å². The highest BCUT2D eigenvalue weighted by Crippen LogP contribution is 2.01. The highest BCUT2D eigenvalue weighted by Gasteiger charge is 2.17. The second-order valence-electron chi connectivity index (χ2n) is 2.63. The minimum Gasteiger partial charge on any atom is -0.461 e. The second-order valence-corrected chi connectivity index (χ2v) is 2.63. The molecule has 0 rings (SSSR count). The number of carbonyl (C=O) groups excluding carboxylic acids is 2. The molecule has 0 bridgehead atoms. The fraction of sp³-hybridized carbons (Fsp3) is 0.750. The van der Waals surface area contributed by atoms with E-state index in [1.54, 1.807) is 20.8 Å². The summed E-state index contributed by atoms with van der Waals surface area (Å²) in [5.41, 5.74) is 0. The Kier molecular flexibility index (Phi) is 4.97. The van der Waals surface area contributed by atoms with Crippen molar-refractivity contribution in [1.82, 2.24) is 0 Å². The standard InChI is InChI=1S/C8H13NO3/c1-4-7(9-5-10)8(11)12-6(2)3/h6-7H,4H2,1-3H3. The molecule has 0 aliphatic rings. The van der Waals surface area contributed by atoms with Gasteiger partial charge in [0.2, 0.25) is 6.08 Å². The molecule has 68 valence electrons. The van der Waals surface area contributed by atoms with Gasteiger partial charge in [0, 0.05) is 0 Å². The summed E-state index contributed by atoms with van der Waals surface area (Å²) in [5.74, 6) is -0.462. The fourth-order valence-electron chi connectivity index (χ4n) is 0.685. The molecule has 0 heterocycles. The molecule has 0 radical (unpaired) electrons. The van der Waals surface area contributed by atoms with E-state index < -0.39 is 12.0 Å². The minimum absolute atomic E-state index is 0.173. The smallest absolute Gasteiger partial charge is 0.332 e. The lowest BCUT2D eigenvalue weighted by atomic mass is 10.2. The zero-order chi connectivity index (χ0) is 9.56. The summed E-state index contributed by atoms with van der Waals surface area (Å²) in [4.78, 5) is 24.3. The molecule has 0 amide bonds. The molecule has 1 unspecified atom stereocenters. The van der Waals surface area contributed by atoms with Crippen molar-refractivity contribution in [1.29, 1.82) is 0 Å². The minimum atomic E-state index is -0.690. The van der Waals surface area contributed by atoms with E-state index in [2.05, 4.69) is 4.99 Å². The Morgan fingerprint density at radius 3 is 2.50 bits per heavy atom. The van der Waals surface area contributed by atoms with Crippen molar-refractivity contribution >= 4 is 12.0 Å². The van der Waals surface area contributed by atoms with Crippen LogP contribution in [-0.4, -0.2) is 24.2 Å². The Hall–Kier alpha value is -1.15. The van der Waals surface area contributed by atoms with Crippen LogP contribution in [0.2, 0.25) is 0 Å². The van der Waals surface area contributed by atoms with E-state index in [1.807, 2.05) is 0 Å². The normalized spacial score (nSPS) is 12.0. The molecule has 0 aromatic rings. The van der Waals surface area contributed by atoms with Gasteiger partial charge < -0.3 is 4.74 Å².